The number of hydrogen-bond acceptors (Lipinski definition) is 3. The van der Waals surface area contributed by atoms with Crippen LogP contribution < -0.4 is 5.32 Å². The highest BCUT2D eigenvalue weighted by atomic mass is 35.5. The molecule has 1 unspecified atom stereocenters. The van der Waals surface area contributed by atoms with Gasteiger partial charge in [-0.15, -0.1) is 0 Å². The molecule has 33 heavy (non-hydrogen) atoms. The predicted molar refractivity (Wildman–Crippen MR) is 119 cm³/mol. The number of benzene rings is 2. The number of aromatic nitrogens is 1. The number of carbonyl (C=O) groups is 3. The summed E-state index contributed by atoms with van der Waals surface area (Å²) in [6, 6.07) is 6.22. The number of carbonyl (C=O) groups excluding carboxylic acids is 2. The molecule has 3 rings (SSSR count). The van der Waals surface area contributed by atoms with Gasteiger partial charge < -0.3 is 20.3 Å². The lowest BCUT2D eigenvalue weighted by Crippen LogP contribution is -2.47. The van der Waals surface area contributed by atoms with E-state index in [2.05, 4.69) is 10.3 Å². The quantitative estimate of drug-likeness (QED) is 0.438. The molecule has 1 aromatic heterocycles. The molecule has 0 radical (unpaired) electrons. The second kappa shape index (κ2) is 9.19. The van der Waals surface area contributed by atoms with Gasteiger partial charge in [-0.2, -0.15) is 0 Å². The van der Waals surface area contributed by atoms with E-state index < -0.39 is 47.2 Å². The Balaban J connectivity index is 2.24. The Bertz CT molecular complexity index is 1220. The van der Waals surface area contributed by atoms with Crippen molar-refractivity contribution in [1.29, 1.82) is 0 Å². The molecule has 174 valence electrons. The third-order valence-electron chi connectivity index (χ3n) is 4.90. The molecule has 0 aliphatic heterocycles. The summed E-state index contributed by atoms with van der Waals surface area (Å²) in [5.74, 6) is -3.90. The largest absolute Gasteiger partial charge is 0.477 e. The lowest BCUT2D eigenvalue weighted by molar-refractivity contribution is -0.134. The zero-order valence-electron chi connectivity index (χ0n) is 18.1. The van der Waals surface area contributed by atoms with Crippen molar-refractivity contribution in [3.05, 3.63) is 69.9 Å². The third-order valence-corrected chi connectivity index (χ3v) is 5.14. The van der Waals surface area contributed by atoms with Crippen LogP contribution in [0.25, 0.3) is 10.9 Å². The molecule has 2 amide bonds. The Morgan fingerprint density at radius 1 is 1.21 bits per heavy atom. The van der Waals surface area contributed by atoms with E-state index >= 15 is 0 Å². The number of amides is 2. The Morgan fingerprint density at radius 2 is 1.85 bits per heavy atom. The summed E-state index contributed by atoms with van der Waals surface area (Å²) in [5, 5.41) is 13.2. The van der Waals surface area contributed by atoms with Crippen molar-refractivity contribution < 1.29 is 28.3 Å². The van der Waals surface area contributed by atoms with Gasteiger partial charge >= 0.3 is 5.97 Å². The molecular weight excluding hydrogens is 456 g/mol. The fourth-order valence-corrected chi connectivity index (χ4v) is 3.76. The molecule has 3 aromatic rings. The lowest BCUT2D eigenvalue weighted by Gasteiger charge is -2.31. The summed E-state index contributed by atoms with van der Waals surface area (Å²) in [7, 11) is 0. The first-order valence-electron chi connectivity index (χ1n) is 9.93. The number of carboxylic acid groups (broad SMARTS) is 1. The fraction of sp³-hybridized carbons (Fsp3) is 0.261. The normalized spacial score (nSPS) is 12.4. The van der Waals surface area contributed by atoms with Crippen LogP contribution in [0, 0.1) is 11.6 Å². The van der Waals surface area contributed by atoms with E-state index in [-0.39, 0.29) is 17.7 Å². The van der Waals surface area contributed by atoms with Crippen LogP contribution in [0.1, 0.15) is 48.4 Å². The monoisotopic (exact) mass is 477 g/mol. The molecule has 0 fully saturated rings. The molecule has 0 aliphatic rings. The minimum atomic E-state index is -1.51. The summed E-state index contributed by atoms with van der Waals surface area (Å²) in [4.78, 5) is 41.1. The minimum absolute atomic E-state index is 0.0280. The number of carboxylic acids is 1. The van der Waals surface area contributed by atoms with Gasteiger partial charge in [0.25, 0.3) is 0 Å². The SMILES string of the molecule is CC(C)(C)NC(=O)C(c1c(C(=O)O)[nH]c2cc(Cl)ccc12)N(C=O)Cc1c(F)cccc1F. The van der Waals surface area contributed by atoms with Crippen LogP contribution in [0.15, 0.2) is 36.4 Å². The molecule has 1 atom stereocenters. The molecule has 0 aliphatic carbocycles. The van der Waals surface area contributed by atoms with Crippen molar-refractivity contribution in [3.63, 3.8) is 0 Å². The van der Waals surface area contributed by atoms with E-state index in [1.807, 2.05) is 0 Å². The van der Waals surface area contributed by atoms with Crippen LogP contribution in [-0.4, -0.2) is 38.8 Å². The first-order valence-corrected chi connectivity index (χ1v) is 10.3. The molecule has 0 saturated carbocycles. The summed E-state index contributed by atoms with van der Waals surface area (Å²) in [6.45, 7) is 4.51. The second-order valence-electron chi connectivity index (χ2n) is 8.53. The number of aromatic carboxylic acids is 1. The van der Waals surface area contributed by atoms with E-state index in [9.17, 15) is 28.3 Å². The number of nitrogens with one attached hydrogen (secondary N) is 2. The van der Waals surface area contributed by atoms with Crippen LogP contribution in [-0.2, 0) is 16.1 Å². The van der Waals surface area contributed by atoms with Crippen LogP contribution in [0.4, 0.5) is 8.78 Å². The van der Waals surface area contributed by atoms with Crippen molar-refractivity contribution in [2.75, 3.05) is 0 Å². The minimum Gasteiger partial charge on any atom is -0.477 e. The van der Waals surface area contributed by atoms with Gasteiger partial charge in [0.2, 0.25) is 12.3 Å². The summed E-state index contributed by atoms with van der Waals surface area (Å²) < 4.78 is 28.7. The molecule has 0 spiro atoms. The lowest BCUT2D eigenvalue weighted by atomic mass is 9.98. The van der Waals surface area contributed by atoms with Crippen molar-refractivity contribution in [2.45, 2.75) is 38.9 Å². The summed E-state index contributed by atoms with van der Waals surface area (Å²) in [6.07, 6.45) is 0.263. The first-order chi connectivity index (χ1) is 15.4. The summed E-state index contributed by atoms with van der Waals surface area (Å²) >= 11 is 6.02. The van der Waals surface area contributed by atoms with Crippen molar-refractivity contribution >= 4 is 40.8 Å². The topological polar surface area (TPSA) is 102 Å². The third kappa shape index (κ3) is 5.14. The van der Waals surface area contributed by atoms with Gasteiger partial charge in [0.15, 0.2) is 0 Å². The van der Waals surface area contributed by atoms with E-state index in [0.29, 0.717) is 15.9 Å². The van der Waals surface area contributed by atoms with Crippen LogP contribution in [0.3, 0.4) is 0 Å². The van der Waals surface area contributed by atoms with E-state index in [1.54, 1.807) is 20.8 Å². The molecular formula is C23H22ClF2N3O4. The first kappa shape index (κ1) is 24.2. The van der Waals surface area contributed by atoms with Crippen LogP contribution in [0.2, 0.25) is 5.02 Å². The van der Waals surface area contributed by atoms with Crippen LogP contribution >= 0.6 is 11.6 Å². The van der Waals surface area contributed by atoms with E-state index in [0.717, 1.165) is 17.0 Å². The maximum absolute atomic E-state index is 14.3. The van der Waals surface area contributed by atoms with Gasteiger partial charge in [0, 0.05) is 32.6 Å². The van der Waals surface area contributed by atoms with E-state index in [1.165, 1.54) is 24.3 Å². The number of hydrogen-bond donors (Lipinski definition) is 3. The predicted octanol–water partition coefficient (Wildman–Crippen LogP) is 4.41. The van der Waals surface area contributed by atoms with Crippen molar-refractivity contribution in [3.8, 4) is 0 Å². The number of aromatic amines is 1. The molecule has 7 nitrogen and oxygen atoms in total. The van der Waals surface area contributed by atoms with E-state index in [4.69, 9.17) is 11.6 Å². The average molecular weight is 478 g/mol. The Hall–Kier alpha value is -3.46. The molecule has 10 heteroatoms. The molecule has 0 bridgehead atoms. The number of halogens is 3. The van der Waals surface area contributed by atoms with Crippen LogP contribution in [0.5, 0.6) is 0 Å². The van der Waals surface area contributed by atoms with Crippen molar-refractivity contribution in [2.24, 2.45) is 0 Å². The van der Waals surface area contributed by atoms with Gasteiger partial charge in [-0.3, -0.25) is 9.59 Å². The second-order valence-corrected chi connectivity index (χ2v) is 8.96. The smallest absolute Gasteiger partial charge is 0.352 e. The Morgan fingerprint density at radius 3 is 2.39 bits per heavy atom. The fourth-order valence-electron chi connectivity index (χ4n) is 3.58. The van der Waals surface area contributed by atoms with Crippen molar-refractivity contribution in [1.82, 2.24) is 15.2 Å². The Kier molecular flexibility index (Phi) is 6.73. The van der Waals surface area contributed by atoms with Gasteiger partial charge in [-0.25, -0.2) is 13.6 Å². The molecule has 2 aromatic carbocycles. The Labute approximate surface area is 193 Å². The zero-order chi connectivity index (χ0) is 24.5. The maximum Gasteiger partial charge on any atom is 0.352 e. The highest BCUT2D eigenvalue weighted by molar-refractivity contribution is 6.31. The highest BCUT2D eigenvalue weighted by Crippen LogP contribution is 2.34. The van der Waals surface area contributed by atoms with Gasteiger partial charge in [0.05, 0.1) is 6.54 Å². The number of rotatable bonds is 7. The molecule has 1 heterocycles. The molecule has 3 N–H and O–H groups in total. The number of fused-ring (bicyclic) bond motifs is 1. The van der Waals surface area contributed by atoms with Gasteiger partial charge in [0.1, 0.15) is 23.4 Å². The standard InChI is InChI=1S/C23H22ClF2N3O4/c1-23(2,3)28-21(31)20(29(11-30)10-14-15(25)5-4-6-16(14)26)18-13-8-7-12(24)9-17(13)27-19(18)22(32)33/h4-9,11,20,27H,10H2,1-3H3,(H,28,31)(H,32,33). The number of H-pyrrole nitrogens is 1. The number of nitrogens with zero attached hydrogens (tertiary/aromatic N) is 1. The highest BCUT2D eigenvalue weighted by Gasteiger charge is 2.36. The average Bonchev–Trinajstić information content (AvgIpc) is 3.07. The van der Waals surface area contributed by atoms with Gasteiger partial charge in [-0.05, 0) is 45.0 Å². The zero-order valence-corrected chi connectivity index (χ0v) is 18.8. The van der Waals surface area contributed by atoms with Gasteiger partial charge in [-0.1, -0.05) is 23.7 Å². The summed E-state index contributed by atoms with van der Waals surface area (Å²) in [5.41, 5.74) is -1.22. The molecule has 0 saturated heterocycles. The maximum atomic E-state index is 14.3.